The highest BCUT2D eigenvalue weighted by Crippen LogP contribution is 2.35. The number of aromatic nitrogens is 4. The molecule has 2 aliphatic carbocycles. The molecule has 5 rings (SSSR count). The van der Waals surface area contributed by atoms with E-state index >= 15 is 0 Å². The first-order valence-electron chi connectivity index (χ1n) is 10.8. The Morgan fingerprint density at radius 2 is 1.90 bits per heavy atom. The first-order chi connectivity index (χ1) is 15.0. The van der Waals surface area contributed by atoms with Gasteiger partial charge in [0.2, 0.25) is 5.95 Å². The molecule has 2 aliphatic rings. The summed E-state index contributed by atoms with van der Waals surface area (Å²) in [6, 6.07) is 6.07. The number of hydrogen-bond acceptors (Lipinski definition) is 6. The van der Waals surface area contributed by atoms with Gasteiger partial charge in [-0.25, -0.2) is 9.97 Å². The lowest BCUT2D eigenvalue weighted by Gasteiger charge is -2.24. The summed E-state index contributed by atoms with van der Waals surface area (Å²) >= 11 is 0. The Morgan fingerprint density at radius 3 is 2.55 bits per heavy atom. The SMILES string of the molecule is CN(C)C(=O)c1cc2cnc(Nc3ccc(C4CC(=O)C4)cn3)nc2n1C1CCCC1. The van der Waals surface area contributed by atoms with E-state index < -0.39 is 0 Å². The highest BCUT2D eigenvalue weighted by molar-refractivity contribution is 5.98. The number of Topliss-reactive ketones (excluding diaryl/α,β-unsaturated/α-hetero) is 1. The number of fused-ring (bicyclic) bond motifs is 1. The minimum Gasteiger partial charge on any atom is -0.343 e. The Kier molecular flexibility index (Phi) is 4.92. The second kappa shape index (κ2) is 7.76. The average molecular weight is 419 g/mol. The number of rotatable bonds is 5. The molecule has 2 fully saturated rings. The van der Waals surface area contributed by atoms with Gasteiger partial charge in [-0.05, 0) is 36.5 Å². The van der Waals surface area contributed by atoms with E-state index in [-0.39, 0.29) is 11.9 Å². The van der Waals surface area contributed by atoms with Crippen molar-refractivity contribution in [1.82, 2.24) is 24.4 Å². The van der Waals surface area contributed by atoms with Crippen LogP contribution in [0.5, 0.6) is 0 Å². The summed E-state index contributed by atoms with van der Waals surface area (Å²) in [7, 11) is 3.54. The van der Waals surface area contributed by atoms with Gasteiger partial charge in [0.15, 0.2) is 0 Å². The standard InChI is InChI=1S/C23H26N6O2/c1-28(2)22(31)19-11-16-13-25-23(27-21(16)29(19)17-5-3-4-6-17)26-20-8-7-14(12-24-20)15-9-18(30)10-15/h7-8,11-13,15,17H,3-6,9-10H2,1-2H3,(H,24,25,26,27). The van der Waals surface area contributed by atoms with Crippen molar-refractivity contribution >= 4 is 34.5 Å². The molecule has 1 N–H and O–H groups in total. The molecule has 8 heteroatoms. The van der Waals surface area contributed by atoms with Crippen molar-refractivity contribution in [3.8, 4) is 0 Å². The lowest BCUT2D eigenvalue weighted by atomic mass is 9.79. The molecule has 3 aromatic rings. The quantitative estimate of drug-likeness (QED) is 0.677. The van der Waals surface area contributed by atoms with Crippen LogP contribution in [0.1, 0.15) is 66.5 Å². The number of anilines is 2. The molecule has 0 bridgehead atoms. The minimum atomic E-state index is -0.0221. The van der Waals surface area contributed by atoms with Gasteiger partial charge in [0.1, 0.15) is 22.9 Å². The van der Waals surface area contributed by atoms with Crippen molar-refractivity contribution in [3.05, 3.63) is 41.9 Å². The Morgan fingerprint density at radius 1 is 1.13 bits per heavy atom. The fraction of sp³-hybridized carbons (Fsp3) is 0.435. The van der Waals surface area contributed by atoms with Crippen LogP contribution in [0, 0.1) is 0 Å². The van der Waals surface area contributed by atoms with Crippen LogP contribution >= 0.6 is 0 Å². The van der Waals surface area contributed by atoms with E-state index in [1.807, 2.05) is 24.4 Å². The van der Waals surface area contributed by atoms with Gasteiger partial charge in [-0.15, -0.1) is 0 Å². The molecule has 31 heavy (non-hydrogen) atoms. The highest BCUT2D eigenvalue weighted by Gasteiger charge is 2.28. The van der Waals surface area contributed by atoms with Crippen LogP contribution < -0.4 is 5.32 Å². The summed E-state index contributed by atoms with van der Waals surface area (Å²) in [4.78, 5) is 39.3. The second-order valence-corrected chi connectivity index (χ2v) is 8.76. The first kappa shape index (κ1) is 19.7. The summed E-state index contributed by atoms with van der Waals surface area (Å²) in [6.45, 7) is 0. The van der Waals surface area contributed by atoms with Crippen LogP contribution in [0.2, 0.25) is 0 Å². The number of carbonyl (C=O) groups is 2. The number of pyridine rings is 1. The van der Waals surface area contributed by atoms with Gasteiger partial charge >= 0.3 is 0 Å². The maximum atomic E-state index is 12.8. The summed E-state index contributed by atoms with van der Waals surface area (Å²) in [5, 5.41) is 4.04. The summed E-state index contributed by atoms with van der Waals surface area (Å²) in [6.07, 6.45) is 9.23. The van der Waals surface area contributed by atoms with Gasteiger partial charge in [-0.3, -0.25) is 9.59 Å². The zero-order valence-corrected chi connectivity index (χ0v) is 17.8. The highest BCUT2D eigenvalue weighted by atomic mass is 16.2. The molecule has 160 valence electrons. The molecule has 8 nitrogen and oxygen atoms in total. The van der Waals surface area contributed by atoms with Gasteiger partial charge in [0.25, 0.3) is 5.91 Å². The molecule has 0 unspecified atom stereocenters. The van der Waals surface area contributed by atoms with Crippen LogP contribution in [0.4, 0.5) is 11.8 Å². The van der Waals surface area contributed by atoms with Gasteiger partial charge in [-0.2, -0.15) is 4.98 Å². The van der Waals surface area contributed by atoms with Crippen LogP contribution in [-0.4, -0.2) is 50.2 Å². The number of carbonyl (C=O) groups excluding carboxylic acids is 2. The second-order valence-electron chi connectivity index (χ2n) is 8.76. The molecule has 0 aromatic carbocycles. The van der Waals surface area contributed by atoms with E-state index in [2.05, 4.69) is 19.9 Å². The molecule has 1 amide bonds. The third kappa shape index (κ3) is 3.66. The lowest BCUT2D eigenvalue weighted by molar-refractivity contribution is -0.124. The average Bonchev–Trinajstić information content (AvgIpc) is 3.38. The van der Waals surface area contributed by atoms with E-state index in [1.54, 1.807) is 25.2 Å². The fourth-order valence-electron chi connectivity index (χ4n) is 4.55. The van der Waals surface area contributed by atoms with Gasteiger partial charge in [0.05, 0.1) is 0 Å². The first-order valence-corrected chi connectivity index (χ1v) is 10.8. The van der Waals surface area contributed by atoms with E-state index in [4.69, 9.17) is 4.98 Å². The predicted octanol–water partition coefficient (Wildman–Crippen LogP) is 3.83. The van der Waals surface area contributed by atoms with Crippen LogP contribution in [0.25, 0.3) is 11.0 Å². The third-order valence-electron chi connectivity index (χ3n) is 6.34. The fourth-order valence-corrected chi connectivity index (χ4v) is 4.55. The normalized spacial score (nSPS) is 17.2. The van der Waals surface area contributed by atoms with E-state index in [1.165, 1.54) is 12.8 Å². The van der Waals surface area contributed by atoms with Crippen molar-refractivity contribution in [1.29, 1.82) is 0 Å². The lowest BCUT2D eigenvalue weighted by Crippen LogP contribution is -2.25. The number of amides is 1. The number of hydrogen-bond donors (Lipinski definition) is 1. The topological polar surface area (TPSA) is 93.0 Å². The molecular weight excluding hydrogens is 392 g/mol. The predicted molar refractivity (Wildman–Crippen MR) is 118 cm³/mol. The van der Waals surface area contributed by atoms with E-state index in [9.17, 15) is 9.59 Å². The number of nitrogens with one attached hydrogen (secondary N) is 1. The third-order valence-corrected chi connectivity index (χ3v) is 6.34. The Bertz CT molecular complexity index is 1140. The van der Waals surface area contributed by atoms with Gasteiger partial charge < -0.3 is 14.8 Å². The number of ketones is 1. The van der Waals surface area contributed by atoms with E-state index in [0.717, 1.165) is 29.4 Å². The minimum absolute atomic E-state index is 0.0221. The Labute approximate surface area is 180 Å². The van der Waals surface area contributed by atoms with E-state index in [0.29, 0.717) is 42.0 Å². The molecule has 3 aromatic heterocycles. The molecule has 2 saturated carbocycles. The summed E-state index contributed by atoms with van der Waals surface area (Å²) in [5.41, 5.74) is 2.53. The van der Waals surface area contributed by atoms with Crippen molar-refractivity contribution in [3.63, 3.8) is 0 Å². The molecule has 0 radical (unpaired) electrons. The molecule has 0 aliphatic heterocycles. The summed E-state index contributed by atoms with van der Waals surface area (Å²) < 4.78 is 2.10. The summed E-state index contributed by atoms with van der Waals surface area (Å²) in [5.74, 6) is 1.69. The van der Waals surface area contributed by atoms with Crippen LogP contribution in [0.3, 0.4) is 0 Å². The Hall–Kier alpha value is -3.29. The largest absolute Gasteiger partial charge is 0.343 e. The number of nitrogens with zero attached hydrogens (tertiary/aromatic N) is 5. The molecular formula is C23H26N6O2. The van der Waals surface area contributed by atoms with Crippen molar-refractivity contribution in [2.45, 2.75) is 50.5 Å². The zero-order valence-electron chi connectivity index (χ0n) is 17.8. The van der Waals surface area contributed by atoms with Crippen LogP contribution in [-0.2, 0) is 4.79 Å². The smallest absolute Gasteiger partial charge is 0.270 e. The van der Waals surface area contributed by atoms with Crippen molar-refractivity contribution in [2.24, 2.45) is 0 Å². The van der Waals surface area contributed by atoms with Crippen molar-refractivity contribution in [2.75, 3.05) is 19.4 Å². The maximum Gasteiger partial charge on any atom is 0.270 e. The van der Waals surface area contributed by atoms with Crippen molar-refractivity contribution < 1.29 is 9.59 Å². The molecule has 0 atom stereocenters. The van der Waals surface area contributed by atoms with Crippen LogP contribution in [0.15, 0.2) is 30.6 Å². The monoisotopic (exact) mass is 418 g/mol. The van der Waals surface area contributed by atoms with Gasteiger partial charge in [-0.1, -0.05) is 18.9 Å². The maximum absolute atomic E-state index is 12.8. The molecule has 0 spiro atoms. The zero-order chi connectivity index (χ0) is 21.5. The Balaban J connectivity index is 1.45. The molecule has 3 heterocycles. The molecule has 0 saturated heterocycles. The van der Waals surface area contributed by atoms with Gasteiger partial charge in [0, 0.05) is 50.8 Å².